The summed E-state index contributed by atoms with van der Waals surface area (Å²) in [5, 5.41) is 10.4. The molecule has 1 aromatic heterocycles. The topological polar surface area (TPSA) is 56.8 Å². The van der Waals surface area contributed by atoms with Gasteiger partial charge in [-0.25, -0.2) is 4.98 Å². The summed E-state index contributed by atoms with van der Waals surface area (Å²) < 4.78 is 0. The van der Waals surface area contributed by atoms with Gasteiger partial charge < -0.3 is 5.32 Å². The Labute approximate surface area is 83.9 Å². The second kappa shape index (κ2) is 4.06. The van der Waals surface area contributed by atoms with Crippen molar-refractivity contribution in [2.24, 2.45) is 0 Å². The molecule has 0 spiro atoms. The summed E-state index contributed by atoms with van der Waals surface area (Å²) in [5.41, 5.74) is 0. The summed E-state index contributed by atoms with van der Waals surface area (Å²) in [7, 11) is 0. The van der Waals surface area contributed by atoms with Crippen molar-refractivity contribution in [1.82, 2.24) is 25.4 Å². The van der Waals surface area contributed by atoms with Crippen LogP contribution < -0.4 is 5.32 Å². The van der Waals surface area contributed by atoms with Crippen molar-refractivity contribution in [2.75, 3.05) is 19.6 Å². The van der Waals surface area contributed by atoms with Crippen molar-refractivity contribution in [1.29, 1.82) is 0 Å². The SMILES string of the molecule is Cc1nc(CN2CCNC(C)C2)n[nH]1. The van der Waals surface area contributed by atoms with Gasteiger partial charge in [-0.1, -0.05) is 0 Å². The van der Waals surface area contributed by atoms with Crippen LogP contribution in [-0.4, -0.2) is 45.8 Å². The molecule has 14 heavy (non-hydrogen) atoms. The van der Waals surface area contributed by atoms with E-state index in [9.17, 15) is 0 Å². The van der Waals surface area contributed by atoms with Gasteiger partial charge in [-0.05, 0) is 13.8 Å². The minimum absolute atomic E-state index is 0.573. The molecule has 1 unspecified atom stereocenters. The standard InChI is InChI=1S/C9H17N5/c1-7-5-14(4-3-10-7)6-9-11-8(2)12-13-9/h7,10H,3-6H2,1-2H3,(H,11,12,13). The lowest BCUT2D eigenvalue weighted by atomic mass is 10.2. The Morgan fingerprint density at radius 3 is 3.07 bits per heavy atom. The number of aryl methyl sites for hydroxylation is 1. The molecule has 1 aliphatic heterocycles. The third kappa shape index (κ3) is 2.30. The maximum absolute atomic E-state index is 4.30. The van der Waals surface area contributed by atoms with Gasteiger partial charge in [0.15, 0.2) is 5.82 Å². The summed E-state index contributed by atoms with van der Waals surface area (Å²) in [4.78, 5) is 6.68. The molecule has 2 rings (SSSR count). The fourth-order valence-corrected chi connectivity index (χ4v) is 1.82. The van der Waals surface area contributed by atoms with Crippen LogP contribution in [0.2, 0.25) is 0 Å². The van der Waals surface area contributed by atoms with Crippen LogP contribution in [0, 0.1) is 6.92 Å². The van der Waals surface area contributed by atoms with Crippen molar-refractivity contribution in [3.8, 4) is 0 Å². The molecule has 78 valence electrons. The Morgan fingerprint density at radius 2 is 2.43 bits per heavy atom. The predicted octanol–water partition coefficient (Wildman–Crippen LogP) is -0.0932. The molecule has 0 bridgehead atoms. The largest absolute Gasteiger partial charge is 0.312 e. The summed E-state index contributed by atoms with van der Waals surface area (Å²) in [6.07, 6.45) is 0. The molecule has 0 aromatic carbocycles. The number of piperazine rings is 1. The molecule has 1 aromatic rings. The molecule has 5 heteroatoms. The first-order chi connectivity index (χ1) is 6.74. The normalized spacial score (nSPS) is 24.0. The minimum Gasteiger partial charge on any atom is -0.312 e. The van der Waals surface area contributed by atoms with E-state index < -0.39 is 0 Å². The predicted molar refractivity (Wildman–Crippen MR) is 53.9 cm³/mol. The molecule has 2 N–H and O–H groups in total. The third-order valence-corrected chi connectivity index (χ3v) is 2.46. The molecule has 0 saturated carbocycles. The maximum Gasteiger partial charge on any atom is 0.164 e. The molecule has 2 heterocycles. The van der Waals surface area contributed by atoms with E-state index in [4.69, 9.17) is 0 Å². The minimum atomic E-state index is 0.573. The number of nitrogens with zero attached hydrogens (tertiary/aromatic N) is 3. The van der Waals surface area contributed by atoms with E-state index in [0.29, 0.717) is 6.04 Å². The lowest BCUT2D eigenvalue weighted by Gasteiger charge is -2.30. The number of hydrogen-bond donors (Lipinski definition) is 2. The van der Waals surface area contributed by atoms with E-state index >= 15 is 0 Å². The van der Waals surface area contributed by atoms with Crippen molar-refractivity contribution in [3.05, 3.63) is 11.6 Å². The quantitative estimate of drug-likeness (QED) is 0.692. The van der Waals surface area contributed by atoms with Gasteiger partial charge >= 0.3 is 0 Å². The Balaban J connectivity index is 1.90. The van der Waals surface area contributed by atoms with Gasteiger partial charge in [0, 0.05) is 25.7 Å². The molecular formula is C9H17N5. The van der Waals surface area contributed by atoms with Gasteiger partial charge in [0.1, 0.15) is 5.82 Å². The Morgan fingerprint density at radius 1 is 1.57 bits per heavy atom. The van der Waals surface area contributed by atoms with Gasteiger partial charge in [0.05, 0.1) is 6.54 Å². The number of hydrogen-bond acceptors (Lipinski definition) is 4. The monoisotopic (exact) mass is 195 g/mol. The highest BCUT2D eigenvalue weighted by Gasteiger charge is 2.16. The number of nitrogens with one attached hydrogen (secondary N) is 2. The fraction of sp³-hybridized carbons (Fsp3) is 0.778. The van der Waals surface area contributed by atoms with Gasteiger partial charge in [0.2, 0.25) is 0 Å². The molecule has 1 fully saturated rings. The van der Waals surface area contributed by atoms with Crippen molar-refractivity contribution in [3.63, 3.8) is 0 Å². The molecule has 5 nitrogen and oxygen atoms in total. The van der Waals surface area contributed by atoms with Gasteiger partial charge in [-0.15, -0.1) is 0 Å². The zero-order valence-electron chi connectivity index (χ0n) is 8.75. The summed E-state index contributed by atoms with van der Waals surface area (Å²) in [5.74, 6) is 1.79. The second-order valence-electron chi connectivity index (χ2n) is 3.93. The zero-order chi connectivity index (χ0) is 9.97. The number of aromatic nitrogens is 3. The van der Waals surface area contributed by atoms with Gasteiger partial charge in [-0.2, -0.15) is 5.10 Å². The first-order valence-electron chi connectivity index (χ1n) is 5.07. The first-order valence-corrected chi connectivity index (χ1v) is 5.07. The van der Waals surface area contributed by atoms with Crippen molar-refractivity contribution < 1.29 is 0 Å². The molecule has 1 atom stereocenters. The van der Waals surface area contributed by atoms with Crippen LogP contribution in [0.3, 0.4) is 0 Å². The molecule has 1 saturated heterocycles. The molecule has 1 aliphatic rings. The summed E-state index contributed by atoms with van der Waals surface area (Å²) in [6.45, 7) is 8.21. The van der Waals surface area contributed by atoms with Crippen molar-refractivity contribution in [2.45, 2.75) is 26.4 Å². The van der Waals surface area contributed by atoms with Crippen LogP contribution in [0.25, 0.3) is 0 Å². The second-order valence-corrected chi connectivity index (χ2v) is 3.93. The Bertz CT molecular complexity index is 295. The third-order valence-electron chi connectivity index (χ3n) is 2.46. The van der Waals surface area contributed by atoms with Gasteiger partial charge in [0.25, 0.3) is 0 Å². The van der Waals surface area contributed by atoms with E-state index in [1.807, 2.05) is 6.92 Å². The fourth-order valence-electron chi connectivity index (χ4n) is 1.82. The van der Waals surface area contributed by atoms with E-state index in [2.05, 4.69) is 32.3 Å². The Kier molecular flexibility index (Phi) is 2.79. The van der Waals surface area contributed by atoms with Crippen LogP contribution in [0.4, 0.5) is 0 Å². The smallest absolute Gasteiger partial charge is 0.164 e. The van der Waals surface area contributed by atoms with E-state index in [0.717, 1.165) is 37.8 Å². The van der Waals surface area contributed by atoms with Crippen LogP contribution in [0.15, 0.2) is 0 Å². The average molecular weight is 195 g/mol. The first kappa shape index (κ1) is 9.61. The zero-order valence-corrected chi connectivity index (χ0v) is 8.75. The van der Waals surface area contributed by atoms with Crippen LogP contribution >= 0.6 is 0 Å². The number of H-pyrrole nitrogens is 1. The lowest BCUT2D eigenvalue weighted by molar-refractivity contribution is 0.195. The maximum atomic E-state index is 4.30. The summed E-state index contributed by atoms with van der Waals surface area (Å²) in [6, 6.07) is 0.573. The average Bonchev–Trinajstić information content (AvgIpc) is 2.51. The van der Waals surface area contributed by atoms with E-state index in [-0.39, 0.29) is 0 Å². The molecule has 0 radical (unpaired) electrons. The highest BCUT2D eigenvalue weighted by atomic mass is 15.3. The molecule has 0 aliphatic carbocycles. The number of rotatable bonds is 2. The highest BCUT2D eigenvalue weighted by Crippen LogP contribution is 2.03. The van der Waals surface area contributed by atoms with Crippen molar-refractivity contribution >= 4 is 0 Å². The lowest BCUT2D eigenvalue weighted by Crippen LogP contribution is -2.48. The van der Waals surface area contributed by atoms with E-state index in [1.54, 1.807) is 0 Å². The van der Waals surface area contributed by atoms with Crippen LogP contribution in [0.1, 0.15) is 18.6 Å². The van der Waals surface area contributed by atoms with Crippen LogP contribution in [-0.2, 0) is 6.54 Å². The number of aromatic amines is 1. The Hall–Kier alpha value is -0.940. The highest BCUT2D eigenvalue weighted by molar-refractivity contribution is 4.89. The molecular weight excluding hydrogens is 178 g/mol. The van der Waals surface area contributed by atoms with E-state index in [1.165, 1.54) is 0 Å². The molecule has 0 amide bonds. The van der Waals surface area contributed by atoms with Gasteiger partial charge in [-0.3, -0.25) is 10.00 Å². The van der Waals surface area contributed by atoms with Crippen LogP contribution in [0.5, 0.6) is 0 Å². The summed E-state index contributed by atoms with van der Waals surface area (Å²) >= 11 is 0.